The van der Waals surface area contributed by atoms with E-state index in [9.17, 15) is 9.59 Å². The molecule has 0 aliphatic heterocycles. The molecule has 1 unspecified atom stereocenters. The summed E-state index contributed by atoms with van der Waals surface area (Å²) >= 11 is 15.5. The molecule has 7 nitrogen and oxygen atoms in total. The van der Waals surface area contributed by atoms with Crippen molar-refractivity contribution >= 4 is 57.2 Å². The van der Waals surface area contributed by atoms with Crippen LogP contribution in [0.1, 0.15) is 35.3 Å². The van der Waals surface area contributed by atoms with Gasteiger partial charge in [0.05, 0.1) is 27.8 Å². The van der Waals surface area contributed by atoms with Crippen molar-refractivity contribution in [3.63, 3.8) is 0 Å². The van der Waals surface area contributed by atoms with E-state index in [-0.39, 0.29) is 11.8 Å². The standard InChI is InChI=1S/C27H26BrCl2N3O4/c1-16(2)25(32-26(34)19-6-8-20(36-3)9-7-19)27(35)33-31-14-17-5-11-24(21(28)12-17)37-15-18-4-10-22(29)23(30)13-18/h4-14,16,25H,15H2,1-3H3,(H,32,34)(H,33,35). The van der Waals surface area contributed by atoms with Gasteiger partial charge in [-0.15, -0.1) is 0 Å². The van der Waals surface area contributed by atoms with Crippen LogP contribution in [0.15, 0.2) is 70.2 Å². The maximum Gasteiger partial charge on any atom is 0.262 e. The molecular formula is C27H26BrCl2N3O4. The molecule has 2 amide bonds. The van der Waals surface area contributed by atoms with Gasteiger partial charge in [0.15, 0.2) is 0 Å². The third kappa shape index (κ3) is 8.21. The maximum absolute atomic E-state index is 12.7. The van der Waals surface area contributed by atoms with Crippen molar-refractivity contribution in [2.45, 2.75) is 26.5 Å². The van der Waals surface area contributed by atoms with E-state index < -0.39 is 11.9 Å². The second kappa shape index (κ2) is 13.5. The number of nitrogens with one attached hydrogen (secondary N) is 2. The molecule has 2 N–H and O–H groups in total. The van der Waals surface area contributed by atoms with Gasteiger partial charge in [0, 0.05) is 5.56 Å². The molecule has 0 heterocycles. The molecule has 0 aliphatic rings. The average molecular weight is 607 g/mol. The van der Waals surface area contributed by atoms with Crippen LogP contribution < -0.4 is 20.2 Å². The Morgan fingerprint density at radius 1 is 1.03 bits per heavy atom. The van der Waals surface area contributed by atoms with Crippen LogP contribution in [-0.2, 0) is 11.4 Å². The summed E-state index contributed by atoms with van der Waals surface area (Å²) in [6.07, 6.45) is 1.51. The van der Waals surface area contributed by atoms with Gasteiger partial charge in [0.2, 0.25) is 0 Å². The first kappa shape index (κ1) is 28.5. The van der Waals surface area contributed by atoms with Crippen molar-refractivity contribution in [3.05, 3.63) is 91.9 Å². The van der Waals surface area contributed by atoms with Gasteiger partial charge in [0.1, 0.15) is 24.1 Å². The van der Waals surface area contributed by atoms with Gasteiger partial charge in [0.25, 0.3) is 11.8 Å². The first-order valence-electron chi connectivity index (χ1n) is 11.3. The zero-order valence-electron chi connectivity index (χ0n) is 20.4. The molecule has 10 heteroatoms. The van der Waals surface area contributed by atoms with Crippen LogP contribution in [0, 0.1) is 5.92 Å². The predicted octanol–water partition coefficient (Wildman–Crippen LogP) is 6.25. The highest BCUT2D eigenvalue weighted by Crippen LogP contribution is 2.28. The lowest BCUT2D eigenvalue weighted by Crippen LogP contribution is -2.48. The molecule has 0 radical (unpaired) electrons. The van der Waals surface area contributed by atoms with Crippen molar-refractivity contribution in [3.8, 4) is 11.5 Å². The van der Waals surface area contributed by atoms with Crippen LogP contribution in [0.5, 0.6) is 11.5 Å². The fourth-order valence-corrected chi connectivity index (χ4v) is 4.08. The second-order valence-electron chi connectivity index (χ2n) is 8.38. The Hall–Kier alpha value is -3.07. The molecule has 1 atom stereocenters. The number of hydrazone groups is 1. The van der Waals surface area contributed by atoms with E-state index in [2.05, 4.69) is 31.8 Å². The number of hydrogen-bond donors (Lipinski definition) is 2. The molecule has 0 saturated carbocycles. The minimum Gasteiger partial charge on any atom is -0.497 e. The van der Waals surface area contributed by atoms with Gasteiger partial charge in [-0.05, 0) is 87.6 Å². The number of halogens is 3. The topological polar surface area (TPSA) is 89.0 Å². The van der Waals surface area contributed by atoms with Crippen LogP contribution in [0.25, 0.3) is 0 Å². The SMILES string of the molecule is COc1ccc(C(=O)NC(C(=O)NN=Cc2ccc(OCc3ccc(Cl)c(Cl)c3)c(Br)c2)C(C)C)cc1. The third-order valence-electron chi connectivity index (χ3n) is 5.31. The summed E-state index contributed by atoms with van der Waals surface area (Å²) in [5.41, 5.74) is 4.55. The van der Waals surface area contributed by atoms with Crippen molar-refractivity contribution in [2.24, 2.45) is 11.0 Å². The second-order valence-corrected chi connectivity index (χ2v) is 10.1. The Morgan fingerprint density at radius 2 is 1.76 bits per heavy atom. The van der Waals surface area contributed by atoms with Gasteiger partial charge in [-0.25, -0.2) is 5.43 Å². The molecule has 0 spiro atoms. The Balaban J connectivity index is 1.57. The molecule has 0 bridgehead atoms. The normalized spacial score (nSPS) is 11.9. The minimum absolute atomic E-state index is 0.154. The largest absolute Gasteiger partial charge is 0.497 e. The van der Waals surface area contributed by atoms with Crippen LogP contribution >= 0.6 is 39.1 Å². The third-order valence-corrected chi connectivity index (χ3v) is 6.67. The summed E-state index contributed by atoms with van der Waals surface area (Å²) < 4.78 is 11.7. The minimum atomic E-state index is -0.768. The lowest BCUT2D eigenvalue weighted by Gasteiger charge is -2.20. The zero-order valence-corrected chi connectivity index (χ0v) is 23.5. The quantitative estimate of drug-likeness (QED) is 0.211. The van der Waals surface area contributed by atoms with Crippen molar-refractivity contribution < 1.29 is 19.1 Å². The Kier molecular flexibility index (Phi) is 10.4. The van der Waals surface area contributed by atoms with Crippen LogP contribution in [-0.4, -0.2) is 31.2 Å². The van der Waals surface area contributed by atoms with E-state index in [0.29, 0.717) is 33.7 Å². The van der Waals surface area contributed by atoms with Crippen molar-refractivity contribution in [1.29, 1.82) is 0 Å². The van der Waals surface area contributed by atoms with E-state index >= 15 is 0 Å². The number of carbonyl (C=O) groups excluding carboxylic acids is 2. The van der Waals surface area contributed by atoms with Crippen LogP contribution in [0.4, 0.5) is 0 Å². The Morgan fingerprint density at radius 3 is 2.38 bits per heavy atom. The Bertz CT molecular complexity index is 1280. The summed E-state index contributed by atoms with van der Waals surface area (Å²) in [6.45, 7) is 4.00. The first-order chi connectivity index (χ1) is 17.7. The number of ether oxygens (including phenoxy) is 2. The van der Waals surface area contributed by atoms with Crippen LogP contribution in [0.2, 0.25) is 10.0 Å². The van der Waals surface area contributed by atoms with Gasteiger partial charge >= 0.3 is 0 Å². The zero-order chi connectivity index (χ0) is 26.9. The number of rotatable bonds is 10. The molecule has 3 aromatic carbocycles. The highest BCUT2D eigenvalue weighted by molar-refractivity contribution is 9.10. The first-order valence-corrected chi connectivity index (χ1v) is 12.9. The van der Waals surface area contributed by atoms with E-state index in [1.54, 1.807) is 55.6 Å². The highest BCUT2D eigenvalue weighted by Gasteiger charge is 2.24. The van der Waals surface area contributed by atoms with Gasteiger partial charge < -0.3 is 14.8 Å². The van der Waals surface area contributed by atoms with Gasteiger partial charge in [-0.3, -0.25) is 9.59 Å². The predicted molar refractivity (Wildman–Crippen MR) is 150 cm³/mol. The van der Waals surface area contributed by atoms with Crippen molar-refractivity contribution in [2.75, 3.05) is 7.11 Å². The Labute approximate surface area is 234 Å². The van der Waals surface area contributed by atoms with Gasteiger partial charge in [-0.2, -0.15) is 5.10 Å². The molecule has 0 fully saturated rings. The summed E-state index contributed by atoms with van der Waals surface area (Å²) in [5.74, 6) is 0.336. The van der Waals surface area contributed by atoms with Crippen LogP contribution in [0.3, 0.4) is 0 Å². The summed E-state index contributed by atoms with van der Waals surface area (Å²) in [7, 11) is 1.55. The summed E-state index contributed by atoms with van der Waals surface area (Å²) in [6, 6.07) is 16.6. The van der Waals surface area contributed by atoms with E-state index in [4.69, 9.17) is 32.7 Å². The number of nitrogens with zero attached hydrogens (tertiary/aromatic N) is 1. The number of amides is 2. The highest BCUT2D eigenvalue weighted by atomic mass is 79.9. The fourth-order valence-electron chi connectivity index (χ4n) is 3.25. The smallest absolute Gasteiger partial charge is 0.262 e. The molecular weight excluding hydrogens is 581 g/mol. The number of hydrogen-bond acceptors (Lipinski definition) is 5. The number of carbonyl (C=O) groups is 2. The number of methoxy groups -OCH3 is 1. The lowest BCUT2D eigenvalue weighted by molar-refractivity contribution is -0.123. The van der Waals surface area contributed by atoms with Gasteiger partial charge in [-0.1, -0.05) is 43.1 Å². The summed E-state index contributed by atoms with van der Waals surface area (Å²) in [4.78, 5) is 25.3. The lowest BCUT2D eigenvalue weighted by atomic mass is 10.0. The van der Waals surface area contributed by atoms with E-state index in [1.165, 1.54) is 6.21 Å². The number of benzene rings is 3. The molecule has 3 rings (SSSR count). The molecule has 0 saturated heterocycles. The molecule has 0 aliphatic carbocycles. The molecule has 0 aromatic heterocycles. The maximum atomic E-state index is 12.7. The summed E-state index contributed by atoms with van der Waals surface area (Å²) in [5, 5.41) is 7.77. The molecule has 194 valence electrons. The van der Waals surface area contributed by atoms with Crippen molar-refractivity contribution in [1.82, 2.24) is 10.7 Å². The monoisotopic (exact) mass is 605 g/mol. The van der Waals surface area contributed by atoms with E-state index in [1.807, 2.05) is 26.0 Å². The average Bonchev–Trinajstić information content (AvgIpc) is 2.88. The molecule has 37 heavy (non-hydrogen) atoms. The molecule has 3 aromatic rings. The van der Waals surface area contributed by atoms with E-state index in [0.717, 1.165) is 15.6 Å². The fraction of sp³-hybridized carbons (Fsp3) is 0.222.